The van der Waals surface area contributed by atoms with Crippen LogP contribution in [0.2, 0.25) is 0 Å². The molecule has 0 saturated carbocycles. The highest BCUT2D eigenvalue weighted by molar-refractivity contribution is 6.24. The summed E-state index contributed by atoms with van der Waals surface area (Å²) >= 11 is 0. The third-order valence-electron chi connectivity index (χ3n) is 16.7. The van der Waals surface area contributed by atoms with Gasteiger partial charge in [0.2, 0.25) is 0 Å². The summed E-state index contributed by atoms with van der Waals surface area (Å²) in [7, 11) is 0. The number of hydrogen-bond acceptors (Lipinski definition) is 0. The minimum absolute atomic E-state index is 0.189. The van der Waals surface area contributed by atoms with Gasteiger partial charge in [0.25, 0.3) is 0 Å². The summed E-state index contributed by atoms with van der Waals surface area (Å²) in [5.74, 6) is 0.386. The first kappa shape index (κ1) is 41.2. The molecule has 10 aromatic carbocycles. The van der Waals surface area contributed by atoms with Crippen LogP contribution in [0.1, 0.15) is 53.6 Å². The molecule has 0 aromatic heterocycles. The zero-order valence-corrected chi connectivity index (χ0v) is 40.5. The van der Waals surface area contributed by atoms with E-state index in [0.717, 1.165) is 12.8 Å². The molecule has 0 saturated heterocycles. The Kier molecular flexibility index (Phi) is 9.15. The van der Waals surface area contributed by atoms with Gasteiger partial charge >= 0.3 is 0 Å². The Morgan fingerprint density at radius 2 is 0.750 bits per heavy atom. The third kappa shape index (κ3) is 5.99. The highest BCUT2D eigenvalue weighted by Gasteiger charge is 2.51. The fraction of sp³-hybridized carbons (Fsp3) is 0.0833. The average molecular weight is 915 g/mol. The lowest BCUT2D eigenvalue weighted by Gasteiger charge is -2.34. The molecule has 0 aliphatic heterocycles. The van der Waals surface area contributed by atoms with Crippen molar-refractivity contribution in [2.24, 2.45) is 11.8 Å². The predicted octanol–water partition coefficient (Wildman–Crippen LogP) is 19.3. The van der Waals surface area contributed by atoms with Gasteiger partial charge in [-0.2, -0.15) is 0 Å². The van der Waals surface area contributed by atoms with Gasteiger partial charge in [-0.25, -0.2) is 0 Å². The predicted molar refractivity (Wildman–Crippen MR) is 306 cm³/mol. The standard InChI is InChI=1S/C72H50/c1-43-37-61-69-62(71-68(52-32-20-30-50(40-52)46-23-9-4-10-24-46)56-36-18-17-35-55(56)67(70(61)71)48-27-13-6-14-28-48)38-44(2)64-58-42-60-59(41-57(58)63(43)72(64)69)65(47-25-11-5-12-26-47)53-33-15-16-34-54(53)66(60)51-31-19-29-49(39-51)45-21-7-3-8-22-45/h3-16,18-34,36-42,69,72H,17,35H2,1-2H3. The zero-order valence-electron chi connectivity index (χ0n) is 40.5. The fourth-order valence-electron chi connectivity index (χ4n) is 13.9. The lowest BCUT2D eigenvalue weighted by atomic mass is 9.69. The lowest BCUT2D eigenvalue weighted by molar-refractivity contribution is 0.748. The number of allylic oxidation sites excluding steroid dienone is 9. The molecule has 0 bridgehead atoms. The van der Waals surface area contributed by atoms with E-state index < -0.39 is 0 Å². The summed E-state index contributed by atoms with van der Waals surface area (Å²) in [6.45, 7) is 4.82. The Morgan fingerprint density at radius 1 is 0.333 bits per heavy atom. The highest BCUT2D eigenvalue weighted by atomic mass is 14.5. The molecule has 2 atom stereocenters. The van der Waals surface area contributed by atoms with Crippen molar-refractivity contribution in [3.05, 3.63) is 269 Å². The second kappa shape index (κ2) is 16.0. The van der Waals surface area contributed by atoms with Crippen LogP contribution in [0.3, 0.4) is 0 Å². The maximum atomic E-state index is 2.62. The van der Waals surface area contributed by atoms with Crippen molar-refractivity contribution in [3.8, 4) is 66.8 Å². The van der Waals surface area contributed by atoms with Gasteiger partial charge < -0.3 is 0 Å². The van der Waals surface area contributed by atoms with Crippen LogP contribution in [-0.4, -0.2) is 0 Å². The molecule has 0 fully saturated rings. The van der Waals surface area contributed by atoms with Crippen LogP contribution in [-0.2, 0) is 6.42 Å². The van der Waals surface area contributed by atoms with Crippen molar-refractivity contribution in [1.82, 2.24) is 0 Å². The smallest absolute Gasteiger partial charge is 0.0217 e. The molecule has 72 heavy (non-hydrogen) atoms. The van der Waals surface area contributed by atoms with E-state index in [0.29, 0.717) is 0 Å². The molecule has 0 radical (unpaired) electrons. The highest BCUT2D eigenvalue weighted by Crippen LogP contribution is 2.68. The molecule has 0 heteroatoms. The Morgan fingerprint density at radius 3 is 1.28 bits per heavy atom. The quantitative estimate of drug-likeness (QED) is 0.146. The summed E-state index contributed by atoms with van der Waals surface area (Å²) in [5, 5.41) is 5.17. The first-order valence-electron chi connectivity index (χ1n) is 25.8. The summed E-state index contributed by atoms with van der Waals surface area (Å²) in [6, 6.07) is 77.2. The van der Waals surface area contributed by atoms with Crippen molar-refractivity contribution >= 4 is 49.9 Å². The van der Waals surface area contributed by atoms with Gasteiger partial charge in [-0.1, -0.05) is 206 Å². The Balaban J connectivity index is 1.03. The number of fused-ring (bicyclic) bond motifs is 9. The second-order valence-corrected chi connectivity index (χ2v) is 20.5. The molecule has 0 heterocycles. The van der Waals surface area contributed by atoms with Crippen LogP contribution >= 0.6 is 0 Å². The molecule has 2 unspecified atom stereocenters. The molecule has 15 rings (SSSR count). The lowest BCUT2D eigenvalue weighted by Crippen LogP contribution is -2.20. The van der Waals surface area contributed by atoms with Crippen LogP contribution in [0.5, 0.6) is 0 Å². The van der Waals surface area contributed by atoms with E-state index in [1.807, 2.05) is 0 Å². The number of hydrogen-bond donors (Lipinski definition) is 0. The Labute approximate surface area is 422 Å². The molecular formula is C72H50. The van der Waals surface area contributed by atoms with E-state index in [4.69, 9.17) is 0 Å². The number of benzene rings is 10. The van der Waals surface area contributed by atoms with Crippen molar-refractivity contribution in [3.63, 3.8) is 0 Å². The van der Waals surface area contributed by atoms with E-state index in [-0.39, 0.29) is 11.8 Å². The molecule has 5 aliphatic carbocycles. The van der Waals surface area contributed by atoms with Gasteiger partial charge in [-0.05, 0) is 206 Å². The Hall–Kier alpha value is -8.58. The van der Waals surface area contributed by atoms with E-state index in [9.17, 15) is 0 Å². The van der Waals surface area contributed by atoms with Crippen molar-refractivity contribution < 1.29 is 0 Å². The monoisotopic (exact) mass is 914 g/mol. The molecule has 0 N–H and O–H groups in total. The van der Waals surface area contributed by atoms with Crippen molar-refractivity contribution in [1.29, 1.82) is 0 Å². The molecule has 10 aromatic rings. The summed E-state index contributed by atoms with van der Waals surface area (Å²) in [6.07, 6.45) is 12.2. The molecule has 0 spiro atoms. The van der Waals surface area contributed by atoms with Crippen LogP contribution in [0.25, 0.3) is 117 Å². The summed E-state index contributed by atoms with van der Waals surface area (Å²) in [5.41, 5.74) is 32.6. The van der Waals surface area contributed by atoms with Crippen LogP contribution in [0.15, 0.2) is 236 Å². The average Bonchev–Trinajstić information content (AvgIpc) is 3.95. The van der Waals surface area contributed by atoms with Gasteiger partial charge in [0.15, 0.2) is 0 Å². The van der Waals surface area contributed by atoms with Crippen LogP contribution in [0, 0.1) is 11.8 Å². The fourth-order valence-corrected chi connectivity index (χ4v) is 13.9. The number of rotatable bonds is 6. The molecule has 5 aliphatic rings. The minimum atomic E-state index is 0.189. The largest absolute Gasteiger partial charge is 0.0836 e. The van der Waals surface area contributed by atoms with Gasteiger partial charge in [0.05, 0.1) is 0 Å². The van der Waals surface area contributed by atoms with Gasteiger partial charge in [0, 0.05) is 11.8 Å². The maximum absolute atomic E-state index is 2.62. The summed E-state index contributed by atoms with van der Waals surface area (Å²) in [4.78, 5) is 0. The molecule has 338 valence electrons. The van der Waals surface area contributed by atoms with Gasteiger partial charge in [0.1, 0.15) is 0 Å². The van der Waals surface area contributed by atoms with Crippen molar-refractivity contribution in [2.75, 3.05) is 0 Å². The van der Waals surface area contributed by atoms with Crippen LogP contribution in [0.4, 0.5) is 0 Å². The molecule has 0 amide bonds. The summed E-state index contributed by atoms with van der Waals surface area (Å²) < 4.78 is 0. The van der Waals surface area contributed by atoms with Crippen molar-refractivity contribution in [2.45, 2.75) is 26.7 Å². The van der Waals surface area contributed by atoms with Crippen LogP contribution < -0.4 is 0 Å². The van der Waals surface area contributed by atoms with E-state index >= 15 is 0 Å². The molecule has 0 nitrogen and oxygen atoms in total. The molecular weight excluding hydrogens is 865 g/mol. The second-order valence-electron chi connectivity index (χ2n) is 20.5. The minimum Gasteiger partial charge on any atom is -0.0836 e. The third-order valence-corrected chi connectivity index (χ3v) is 16.7. The normalized spacial score (nSPS) is 16.9. The first-order chi connectivity index (χ1) is 35.6. The Bertz CT molecular complexity index is 4120. The van der Waals surface area contributed by atoms with E-state index in [1.54, 1.807) is 0 Å². The SMILES string of the molecule is CC1=C2c3cc4c(-c5ccccc5)c5ccccc5c(-c5cccc(-c6ccccc6)c5)c4cc3C3=C(C)C=C4c5c(c(-c6ccccc6)c6c(c5-c5cccc(-c7ccccc7)c5)C=CCC6)C(=C1)C4C23. The van der Waals surface area contributed by atoms with Gasteiger partial charge in [-0.15, -0.1) is 0 Å². The topological polar surface area (TPSA) is 0 Å². The van der Waals surface area contributed by atoms with Gasteiger partial charge in [-0.3, -0.25) is 0 Å². The van der Waals surface area contributed by atoms with E-state index in [1.165, 1.54) is 155 Å². The first-order valence-corrected chi connectivity index (χ1v) is 25.8. The maximum Gasteiger partial charge on any atom is 0.0217 e. The zero-order chi connectivity index (χ0) is 47.6. The van der Waals surface area contributed by atoms with E-state index in [2.05, 4.69) is 244 Å².